The van der Waals surface area contributed by atoms with Crippen LogP contribution in [-0.4, -0.2) is 47.7 Å². The molecule has 0 aliphatic heterocycles. The molecule has 0 radical (unpaired) electrons. The number of H-pyrrole nitrogens is 1. The third-order valence-corrected chi connectivity index (χ3v) is 4.72. The topological polar surface area (TPSA) is 133 Å². The highest BCUT2D eigenvalue weighted by Crippen LogP contribution is 2.23. The van der Waals surface area contributed by atoms with Crippen molar-refractivity contribution in [2.45, 2.75) is 64.6 Å². The molecule has 0 saturated carbocycles. The first-order valence-corrected chi connectivity index (χ1v) is 10.5. The Morgan fingerprint density at radius 2 is 1.84 bits per heavy atom. The summed E-state index contributed by atoms with van der Waals surface area (Å²) in [6.07, 6.45) is 0.276. The molecule has 32 heavy (non-hydrogen) atoms. The minimum atomic E-state index is -1.08. The van der Waals surface area contributed by atoms with Gasteiger partial charge < -0.3 is 25.1 Å². The standard InChI is InChI=1S/C23H30N4O5/c1-6-9-17(21(29)31-5)26-20(28)18(27-22(30)32-23(2,3)4)12-15-14-10-7-8-11-16(14)25-19(15)13-24/h7-8,10-11,17-18,25H,6,9,12H2,1-5H3,(H,26,28)(H,27,30)/t17-,18-/m1/s1. The van der Waals surface area contributed by atoms with Gasteiger partial charge in [-0.1, -0.05) is 31.5 Å². The lowest BCUT2D eigenvalue weighted by atomic mass is 10.0. The molecule has 9 heteroatoms. The molecule has 2 aromatic rings. The maximum atomic E-state index is 13.1. The maximum absolute atomic E-state index is 13.1. The van der Waals surface area contributed by atoms with E-state index in [2.05, 4.69) is 21.7 Å². The van der Waals surface area contributed by atoms with Crippen LogP contribution in [0.2, 0.25) is 0 Å². The number of methoxy groups -OCH3 is 1. The first kappa shape index (κ1) is 24.7. The Morgan fingerprint density at radius 1 is 1.16 bits per heavy atom. The van der Waals surface area contributed by atoms with Gasteiger partial charge in [0, 0.05) is 17.3 Å². The number of aromatic amines is 1. The van der Waals surface area contributed by atoms with Gasteiger partial charge in [-0.2, -0.15) is 5.26 Å². The minimum Gasteiger partial charge on any atom is -0.467 e. The first-order valence-electron chi connectivity index (χ1n) is 10.5. The number of esters is 1. The van der Waals surface area contributed by atoms with E-state index in [9.17, 15) is 19.6 Å². The number of aromatic nitrogens is 1. The summed E-state index contributed by atoms with van der Waals surface area (Å²) < 4.78 is 10.1. The summed E-state index contributed by atoms with van der Waals surface area (Å²) in [5.74, 6) is -1.14. The largest absolute Gasteiger partial charge is 0.467 e. The molecule has 1 aromatic carbocycles. The summed E-state index contributed by atoms with van der Waals surface area (Å²) in [6.45, 7) is 7.01. The van der Waals surface area contributed by atoms with E-state index in [-0.39, 0.29) is 6.42 Å². The van der Waals surface area contributed by atoms with Crippen molar-refractivity contribution < 1.29 is 23.9 Å². The van der Waals surface area contributed by atoms with Crippen LogP contribution < -0.4 is 10.6 Å². The van der Waals surface area contributed by atoms with Gasteiger partial charge in [0.25, 0.3) is 0 Å². The van der Waals surface area contributed by atoms with Crippen molar-refractivity contribution in [1.29, 1.82) is 5.26 Å². The zero-order chi connectivity index (χ0) is 23.9. The van der Waals surface area contributed by atoms with Crippen LogP contribution in [0.5, 0.6) is 0 Å². The third kappa shape index (κ3) is 6.48. The van der Waals surface area contributed by atoms with Crippen molar-refractivity contribution in [1.82, 2.24) is 15.6 Å². The van der Waals surface area contributed by atoms with Crippen LogP contribution in [0, 0.1) is 11.3 Å². The fourth-order valence-electron chi connectivity index (χ4n) is 3.32. The third-order valence-electron chi connectivity index (χ3n) is 4.72. The summed E-state index contributed by atoms with van der Waals surface area (Å²) in [7, 11) is 1.25. The number of nitrogens with one attached hydrogen (secondary N) is 3. The Balaban J connectivity index is 2.36. The van der Waals surface area contributed by atoms with Gasteiger partial charge in [0.1, 0.15) is 29.4 Å². The van der Waals surface area contributed by atoms with Gasteiger partial charge in [-0.25, -0.2) is 9.59 Å². The number of carbonyl (C=O) groups excluding carboxylic acids is 3. The van der Waals surface area contributed by atoms with Gasteiger partial charge in [-0.05, 0) is 38.8 Å². The SMILES string of the molecule is CCC[C@@H](NC(=O)[C@@H](Cc1c(C#N)[nH]c2ccccc12)NC(=O)OC(C)(C)C)C(=O)OC. The molecule has 0 saturated heterocycles. The fraction of sp³-hybridized carbons (Fsp3) is 0.478. The average Bonchev–Trinajstić information content (AvgIpc) is 3.08. The van der Waals surface area contributed by atoms with E-state index in [1.807, 2.05) is 31.2 Å². The van der Waals surface area contributed by atoms with E-state index >= 15 is 0 Å². The number of alkyl carbamates (subject to hydrolysis) is 1. The predicted molar refractivity (Wildman–Crippen MR) is 119 cm³/mol. The number of ether oxygens (including phenoxy) is 2. The average molecular weight is 443 g/mol. The van der Waals surface area contributed by atoms with Crippen LogP contribution in [0.15, 0.2) is 24.3 Å². The normalized spacial score (nSPS) is 13.0. The summed E-state index contributed by atoms with van der Waals surface area (Å²) in [5, 5.41) is 15.6. The second-order valence-corrected chi connectivity index (χ2v) is 8.41. The Kier molecular flexibility index (Phi) is 8.24. The van der Waals surface area contributed by atoms with Crippen LogP contribution in [0.4, 0.5) is 4.79 Å². The van der Waals surface area contributed by atoms with Gasteiger partial charge >= 0.3 is 12.1 Å². The van der Waals surface area contributed by atoms with E-state index in [4.69, 9.17) is 9.47 Å². The van der Waals surface area contributed by atoms with Gasteiger partial charge in [0.15, 0.2) is 0 Å². The van der Waals surface area contributed by atoms with E-state index in [0.717, 1.165) is 10.9 Å². The molecular formula is C23H30N4O5. The number of rotatable bonds is 8. The zero-order valence-corrected chi connectivity index (χ0v) is 19.1. The van der Waals surface area contributed by atoms with Crippen molar-refractivity contribution in [3.63, 3.8) is 0 Å². The Labute approximate surface area is 187 Å². The molecule has 1 aromatic heterocycles. The molecule has 2 atom stereocenters. The zero-order valence-electron chi connectivity index (χ0n) is 19.1. The fourth-order valence-corrected chi connectivity index (χ4v) is 3.32. The number of hydrogen-bond donors (Lipinski definition) is 3. The number of hydrogen-bond acceptors (Lipinski definition) is 6. The van der Waals surface area contributed by atoms with Crippen LogP contribution in [0.25, 0.3) is 10.9 Å². The lowest BCUT2D eigenvalue weighted by molar-refractivity contribution is -0.145. The number of benzene rings is 1. The number of fused-ring (bicyclic) bond motifs is 1. The van der Waals surface area contributed by atoms with Crippen LogP contribution in [-0.2, 0) is 25.5 Å². The molecule has 3 N–H and O–H groups in total. The molecule has 2 amide bonds. The van der Waals surface area contributed by atoms with Crippen molar-refractivity contribution in [3.8, 4) is 6.07 Å². The second kappa shape index (κ2) is 10.7. The molecule has 0 aliphatic carbocycles. The lowest BCUT2D eigenvalue weighted by Gasteiger charge is -2.25. The van der Waals surface area contributed by atoms with Crippen molar-refractivity contribution in [2.75, 3.05) is 7.11 Å². The quantitative estimate of drug-likeness (QED) is 0.538. The highest BCUT2D eigenvalue weighted by atomic mass is 16.6. The molecular weight excluding hydrogens is 412 g/mol. The van der Waals surface area contributed by atoms with Crippen LogP contribution >= 0.6 is 0 Å². The molecule has 0 bridgehead atoms. The van der Waals surface area contributed by atoms with E-state index in [1.54, 1.807) is 20.8 Å². The van der Waals surface area contributed by atoms with E-state index in [1.165, 1.54) is 7.11 Å². The number of nitriles is 1. The number of nitrogens with zero attached hydrogens (tertiary/aromatic N) is 1. The number of para-hydroxylation sites is 1. The number of amides is 2. The Bertz CT molecular complexity index is 1020. The van der Waals surface area contributed by atoms with Crippen LogP contribution in [0.3, 0.4) is 0 Å². The number of carbonyl (C=O) groups is 3. The van der Waals surface area contributed by atoms with E-state index in [0.29, 0.717) is 24.1 Å². The predicted octanol–water partition coefficient (Wildman–Crippen LogP) is 2.93. The van der Waals surface area contributed by atoms with Gasteiger partial charge in [-0.3, -0.25) is 4.79 Å². The second-order valence-electron chi connectivity index (χ2n) is 8.41. The Morgan fingerprint density at radius 3 is 2.44 bits per heavy atom. The summed E-state index contributed by atoms with van der Waals surface area (Å²) in [5.41, 5.74) is 0.867. The minimum absolute atomic E-state index is 0.0258. The highest BCUT2D eigenvalue weighted by molar-refractivity contribution is 5.91. The molecule has 9 nitrogen and oxygen atoms in total. The summed E-state index contributed by atoms with van der Waals surface area (Å²) in [4.78, 5) is 40.7. The van der Waals surface area contributed by atoms with Crippen molar-refractivity contribution in [2.24, 2.45) is 0 Å². The summed E-state index contributed by atoms with van der Waals surface area (Å²) in [6, 6.07) is 7.49. The van der Waals surface area contributed by atoms with Gasteiger partial charge in [-0.15, -0.1) is 0 Å². The first-order chi connectivity index (χ1) is 15.1. The molecule has 0 unspecified atom stereocenters. The molecule has 0 spiro atoms. The van der Waals surface area contributed by atoms with Crippen LogP contribution in [0.1, 0.15) is 51.8 Å². The highest BCUT2D eigenvalue weighted by Gasteiger charge is 2.30. The summed E-state index contributed by atoms with van der Waals surface area (Å²) >= 11 is 0. The van der Waals surface area contributed by atoms with Gasteiger partial charge in [0.05, 0.1) is 7.11 Å². The lowest BCUT2D eigenvalue weighted by Crippen LogP contribution is -2.53. The maximum Gasteiger partial charge on any atom is 0.408 e. The molecule has 172 valence electrons. The molecule has 1 heterocycles. The Hall–Kier alpha value is -3.54. The molecule has 0 aliphatic rings. The van der Waals surface area contributed by atoms with Crippen molar-refractivity contribution in [3.05, 3.63) is 35.5 Å². The molecule has 0 fully saturated rings. The monoisotopic (exact) mass is 442 g/mol. The van der Waals surface area contributed by atoms with Crippen molar-refractivity contribution >= 4 is 28.9 Å². The molecule has 2 rings (SSSR count). The van der Waals surface area contributed by atoms with Gasteiger partial charge in [0.2, 0.25) is 5.91 Å². The van der Waals surface area contributed by atoms with E-state index < -0.39 is 35.7 Å². The smallest absolute Gasteiger partial charge is 0.408 e.